The molecule has 20 heavy (non-hydrogen) atoms. The Morgan fingerprint density at radius 1 is 1.15 bits per heavy atom. The fourth-order valence-corrected chi connectivity index (χ4v) is 2.20. The first kappa shape index (κ1) is 14.5. The highest BCUT2D eigenvalue weighted by Crippen LogP contribution is 2.35. The summed E-state index contributed by atoms with van der Waals surface area (Å²) in [6.45, 7) is 0.0939. The maximum atomic E-state index is 11.5. The molecule has 1 aromatic carbocycles. The molecule has 1 N–H and O–H groups in total. The summed E-state index contributed by atoms with van der Waals surface area (Å²) in [5, 5.41) is 3.39. The molecule has 0 aliphatic carbocycles. The van der Waals surface area contributed by atoms with Crippen LogP contribution in [0.15, 0.2) is 12.1 Å². The van der Waals surface area contributed by atoms with Crippen LogP contribution in [0.25, 0.3) is 0 Å². The smallest absolute Gasteiger partial charge is 0.231 e. The third kappa shape index (κ3) is 2.80. The zero-order chi connectivity index (χ0) is 14.7. The Morgan fingerprint density at radius 3 is 2.30 bits per heavy atom. The monoisotopic (exact) mass is 298 g/mol. The second-order valence-corrected chi connectivity index (χ2v) is 4.64. The Bertz CT molecular complexity index is 531. The van der Waals surface area contributed by atoms with Crippen molar-refractivity contribution in [2.45, 2.75) is 12.8 Å². The highest BCUT2D eigenvalue weighted by molar-refractivity contribution is 6.32. The number of methoxy groups -OCH3 is 2. The number of hydrogen-bond donors (Lipinski definition) is 1. The molecular weight excluding hydrogens is 284 g/mol. The molecule has 7 heteroatoms. The number of ether oxygens (including phenoxy) is 2. The molecule has 0 unspecified atom stereocenters. The van der Waals surface area contributed by atoms with E-state index in [1.807, 2.05) is 0 Å². The van der Waals surface area contributed by atoms with Gasteiger partial charge in [0.1, 0.15) is 11.5 Å². The molecule has 6 nitrogen and oxygen atoms in total. The number of amides is 2. The standard InChI is InChI=1S/C13H15ClN2O4/c1-19-10-6-11(20-2)9(5-8(10)14)15-7-16-12(17)3-4-13(16)18/h5-6,15H,3-4,7H2,1-2H3. The van der Waals surface area contributed by atoms with Gasteiger partial charge in [0, 0.05) is 18.9 Å². The van der Waals surface area contributed by atoms with Crippen molar-refractivity contribution in [1.82, 2.24) is 4.90 Å². The van der Waals surface area contributed by atoms with E-state index < -0.39 is 0 Å². The number of hydrogen-bond acceptors (Lipinski definition) is 5. The predicted molar refractivity (Wildman–Crippen MR) is 74.1 cm³/mol. The van der Waals surface area contributed by atoms with Gasteiger partial charge in [-0.05, 0) is 6.07 Å². The van der Waals surface area contributed by atoms with Crippen LogP contribution in [0, 0.1) is 0 Å². The van der Waals surface area contributed by atoms with E-state index in [0.717, 1.165) is 0 Å². The number of likely N-dealkylation sites (tertiary alicyclic amines) is 1. The van der Waals surface area contributed by atoms with Crippen molar-refractivity contribution in [2.24, 2.45) is 0 Å². The molecule has 1 aliphatic rings. The van der Waals surface area contributed by atoms with Crippen LogP contribution in [0.5, 0.6) is 11.5 Å². The largest absolute Gasteiger partial charge is 0.495 e. The highest BCUT2D eigenvalue weighted by Gasteiger charge is 2.28. The molecule has 1 heterocycles. The van der Waals surface area contributed by atoms with Gasteiger partial charge < -0.3 is 14.8 Å². The van der Waals surface area contributed by atoms with Gasteiger partial charge in [-0.25, -0.2) is 0 Å². The summed E-state index contributed by atoms with van der Waals surface area (Å²) in [6.07, 6.45) is 0.530. The molecule has 1 saturated heterocycles. The first-order valence-corrected chi connectivity index (χ1v) is 6.43. The second kappa shape index (κ2) is 6.00. The van der Waals surface area contributed by atoms with Crippen molar-refractivity contribution in [2.75, 3.05) is 26.2 Å². The number of halogens is 1. The fraction of sp³-hybridized carbons (Fsp3) is 0.385. The molecule has 0 saturated carbocycles. The number of carbonyl (C=O) groups is 2. The molecule has 0 radical (unpaired) electrons. The topological polar surface area (TPSA) is 67.9 Å². The Balaban J connectivity index is 2.14. The van der Waals surface area contributed by atoms with Gasteiger partial charge in [-0.3, -0.25) is 14.5 Å². The van der Waals surface area contributed by atoms with Crippen molar-refractivity contribution in [3.63, 3.8) is 0 Å². The van der Waals surface area contributed by atoms with Gasteiger partial charge in [0.15, 0.2) is 0 Å². The lowest BCUT2D eigenvalue weighted by molar-refractivity contribution is -0.137. The van der Waals surface area contributed by atoms with Gasteiger partial charge in [-0.15, -0.1) is 0 Å². The number of nitrogens with zero attached hydrogens (tertiary/aromatic N) is 1. The van der Waals surface area contributed by atoms with Crippen molar-refractivity contribution >= 4 is 29.1 Å². The minimum Gasteiger partial charge on any atom is -0.495 e. The summed E-state index contributed by atoms with van der Waals surface area (Å²) in [4.78, 5) is 24.2. The van der Waals surface area contributed by atoms with Crippen molar-refractivity contribution in [3.05, 3.63) is 17.2 Å². The summed E-state index contributed by atoms with van der Waals surface area (Å²) in [7, 11) is 3.02. The zero-order valence-corrected chi connectivity index (χ0v) is 12.0. The summed E-state index contributed by atoms with van der Waals surface area (Å²) in [6, 6.07) is 3.27. The number of imide groups is 1. The number of carbonyl (C=O) groups excluding carboxylic acids is 2. The van der Waals surface area contributed by atoms with Crippen LogP contribution < -0.4 is 14.8 Å². The van der Waals surface area contributed by atoms with E-state index in [1.54, 1.807) is 12.1 Å². The van der Waals surface area contributed by atoms with Crippen LogP contribution in [0.4, 0.5) is 5.69 Å². The maximum absolute atomic E-state index is 11.5. The molecule has 0 spiro atoms. The Morgan fingerprint density at radius 2 is 1.75 bits per heavy atom. The number of nitrogens with one attached hydrogen (secondary N) is 1. The summed E-state index contributed by atoms with van der Waals surface area (Å²) in [5.74, 6) is 0.648. The summed E-state index contributed by atoms with van der Waals surface area (Å²) in [5.41, 5.74) is 0.589. The van der Waals surface area contributed by atoms with Crippen molar-refractivity contribution in [3.8, 4) is 11.5 Å². The van der Waals surface area contributed by atoms with Crippen LogP contribution in [-0.2, 0) is 9.59 Å². The van der Waals surface area contributed by atoms with E-state index in [9.17, 15) is 9.59 Å². The number of rotatable bonds is 5. The molecule has 0 bridgehead atoms. The SMILES string of the molecule is COc1cc(OC)c(NCN2C(=O)CCC2=O)cc1Cl. The van der Waals surface area contributed by atoms with Gasteiger partial charge in [-0.1, -0.05) is 11.6 Å². The highest BCUT2D eigenvalue weighted by atomic mass is 35.5. The first-order valence-electron chi connectivity index (χ1n) is 6.05. The van der Waals surface area contributed by atoms with Crippen LogP contribution in [0.3, 0.4) is 0 Å². The van der Waals surface area contributed by atoms with Crippen LogP contribution in [-0.4, -0.2) is 37.6 Å². The van der Waals surface area contributed by atoms with Gasteiger partial charge >= 0.3 is 0 Å². The molecule has 1 fully saturated rings. The van der Waals surface area contributed by atoms with E-state index in [1.165, 1.54) is 19.1 Å². The van der Waals surface area contributed by atoms with Crippen LogP contribution >= 0.6 is 11.6 Å². The zero-order valence-electron chi connectivity index (χ0n) is 11.2. The minimum absolute atomic E-state index is 0.0939. The average Bonchev–Trinajstić information content (AvgIpc) is 2.76. The molecule has 1 aliphatic heterocycles. The number of anilines is 1. The van der Waals surface area contributed by atoms with Gasteiger partial charge in [0.2, 0.25) is 11.8 Å². The van der Waals surface area contributed by atoms with E-state index >= 15 is 0 Å². The lowest BCUT2D eigenvalue weighted by Crippen LogP contribution is -2.33. The van der Waals surface area contributed by atoms with Crippen molar-refractivity contribution in [1.29, 1.82) is 0 Å². The van der Waals surface area contributed by atoms with Crippen LogP contribution in [0.2, 0.25) is 5.02 Å². The maximum Gasteiger partial charge on any atom is 0.231 e. The Kier molecular flexibility index (Phi) is 4.34. The quantitative estimate of drug-likeness (QED) is 0.841. The van der Waals surface area contributed by atoms with Crippen LogP contribution in [0.1, 0.15) is 12.8 Å². The first-order chi connectivity index (χ1) is 9.56. The molecular formula is C13H15ClN2O4. The minimum atomic E-state index is -0.180. The third-order valence-electron chi connectivity index (χ3n) is 3.06. The van der Waals surface area contributed by atoms with E-state index in [-0.39, 0.29) is 31.3 Å². The predicted octanol–water partition coefficient (Wildman–Crippen LogP) is 1.88. The lowest BCUT2D eigenvalue weighted by Gasteiger charge is -2.18. The van der Waals surface area contributed by atoms with Crippen molar-refractivity contribution < 1.29 is 19.1 Å². The molecule has 108 valence electrons. The fourth-order valence-electron chi connectivity index (χ4n) is 1.96. The third-order valence-corrected chi connectivity index (χ3v) is 3.35. The molecule has 1 aromatic rings. The Hall–Kier alpha value is -1.95. The van der Waals surface area contributed by atoms with Gasteiger partial charge in [-0.2, -0.15) is 0 Å². The molecule has 0 aromatic heterocycles. The second-order valence-electron chi connectivity index (χ2n) is 4.24. The van der Waals surface area contributed by atoms with Gasteiger partial charge in [0.05, 0.1) is 31.6 Å². The molecule has 0 atom stereocenters. The van der Waals surface area contributed by atoms with E-state index in [0.29, 0.717) is 22.2 Å². The van der Waals surface area contributed by atoms with E-state index in [2.05, 4.69) is 5.32 Å². The molecule has 2 amide bonds. The average molecular weight is 299 g/mol. The lowest BCUT2D eigenvalue weighted by atomic mass is 10.2. The summed E-state index contributed by atoms with van der Waals surface area (Å²) >= 11 is 6.04. The van der Waals surface area contributed by atoms with E-state index in [4.69, 9.17) is 21.1 Å². The summed E-state index contributed by atoms with van der Waals surface area (Å²) < 4.78 is 10.3. The Labute approximate surface area is 121 Å². The molecule has 2 rings (SSSR count). The van der Waals surface area contributed by atoms with Gasteiger partial charge in [0.25, 0.3) is 0 Å². The number of benzene rings is 1. The normalized spacial score (nSPS) is 14.7.